The first kappa shape index (κ1) is 18.5. The van der Waals surface area contributed by atoms with Crippen LogP contribution in [0.4, 0.5) is 0 Å². The van der Waals surface area contributed by atoms with Gasteiger partial charge in [-0.25, -0.2) is 0 Å². The minimum atomic E-state index is -0.660. The second-order valence-electron chi connectivity index (χ2n) is 5.00. The molecule has 0 spiro atoms. The summed E-state index contributed by atoms with van der Waals surface area (Å²) >= 11 is 5.97. The first-order chi connectivity index (χ1) is 10.6. The molecule has 5 heteroatoms. The Morgan fingerprint density at radius 3 is 2.59 bits per heavy atom. The summed E-state index contributed by atoms with van der Waals surface area (Å²) in [5.41, 5.74) is 0.699. The SMILES string of the molecule is CCCCCC(=O)OC(CC(=O)OCC)c1cccc(Cl)c1. The van der Waals surface area contributed by atoms with Crippen molar-refractivity contribution in [3.63, 3.8) is 0 Å². The van der Waals surface area contributed by atoms with Gasteiger partial charge in [-0.3, -0.25) is 9.59 Å². The van der Waals surface area contributed by atoms with Gasteiger partial charge in [-0.2, -0.15) is 0 Å². The molecule has 1 unspecified atom stereocenters. The molecule has 0 N–H and O–H groups in total. The van der Waals surface area contributed by atoms with E-state index in [4.69, 9.17) is 21.1 Å². The fourth-order valence-electron chi connectivity index (χ4n) is 2.04. The highest BCUT2D eigenvalue weighted by molar-refractivity contribution is 6.30. The van der Waals surface area contributed by atoms with Crippen molar-refractivity contribution < 1.29 is 19.1 Å². The summed E-state index contributed by atoms with van der Waals surface area (Å²) in [6.45, 7) is 4.11. The zero-order valence-electron chi connectivity index (χ0n) is 13.1. The van der Waals surface area contributed by atoms with Gasteiger partial charge in [-0.1, -0.05) is 43.5 Å². The first-order valence-corrected chi connectivity index (χ1v) is 8.05. The monoisotopic (exact) mass is 326 g/mol. The minimum Gasteiger partial charge on any atom is -0.466 e. The van der Waals surface area contributed by atoms with Gasteiger partial charge < -0.3 is 9.47 Å². The van der Waals surface area contributed by atoms with E-state index >= 15 is 0 Å². The number of halogens is 1. The molecule has 0 bridgehead atoms. The number of carbonyl (C=O) groups excluding carboxylic acids is 2. The number of benzene rings is 1. The van der Waals surface area contributed by atoms with E-state index in [0.717, 1.165) is 19.3 Å². The number of rotatable bonds is 9. The molecule has 0 radical (unpaired) electrons. The molecule has 0 amide bonds. The third-order valence-corrected chi connectivity index (χ3v) is 3.37. The van der Waals surface area contributed by atoms with Gasteiger partial charge in [0.2, 0.25) is 0 Å². The number of hydrogen-bond acceptors (Lipinski definition) is 4. The lowest BCUT2D eigenvalue weighted by Gasteiger charge is -2.18. The zero-order chi connectivity index (χ0) is 16.4. The number of hydrogen-bond donors (Lipinski definition) is 0. The van der Waals surface area contributed by atoms with Crippen molar-refractivity contribution >= 4 is 23.5 Å². The van der Waals surface area contributed by atoms with E-state index in [1.807, 2.05) is 0 Å². The van der Waals surface area contributed by atoms with Crippen LogP contribution in [0.2, 0.25) is 5.02 Å². The molecule has 122 valence electrons. The largest absolute Gasteiger partial charge is 0.466 e. The van der Waals surface area contributed by atoms with Gasteiger partial charge >= 0.3 is 11.9 Å². The summed E-state index contributed by atoms with van der Waals surface area (Å²) in [7, 11) is 0. The first-order valence-electron chi connectivity index (χ1n) is 7.67. The smallest absolute Gasteiger partial charge is 0.309 e. The van der Waals surface area contributed by atoms with Crippen LogP contribution in [-0.2, 0) is 19.1 Å². The molecule has 4 nitrogen and oxygen atoms in total. The van der Waals surface area contributed by atoms with Gasteiger partial charge in [0.25, 0.3) is 0 Å². The fourth-order valence-corrected chi connectivity index (χ4v) is 2.24. The molecule has 0 aliphatic rings. The minimum absolute atomic E-state index is 0.00625. The van der Waals surface area contributed by atoms with Crippen molar-refractivity contribution in [2.45, 2.75) is 52.1 Å². The predicted molar refractivity (Wildman–Crippen MR) is 85.7 cm³/mol. The molecule has 1 aromatic carbocycles. The fraction of sp³-hybridized carbons (Fsp3) is 0.529. The van der Waals surface area contributed by atoms with Crippen molar-refractivity contribution in [1.82, 2.24) is 0 Å². The van der Waals surface area contributed by atoms with Crippen LogP contribution < -0.4 is 0 Å². The standard InChI is InChI=1S/C17H23ClO4/c1-3-5-6-10-16(19)22-15(12-17(20)21-4-2)13-8-7-9-14(18)11-13/h7-9,11,15H,3-6,10,12H2,1-2H3. The average Bonchev–Trinajstić information content (AvgIpc) is 2.47. The topological polar surface area (TPSA) is 52.6 Å². The van der Waals surface area contributed by atoms with Gasteiger partial charge in [0.05, 0.1) is 13.0 Å². The van der Waals surface area contributed by atoms with Crippen molar-refractivity contribution in [3.8, 4) is 0 Å². The lowest BCUT2D eigenvalue weighted by Crippen LogP contribution is -2.16. The van der Waals surface area contributed by atoms with E-state index in [1.54, 1.807) is 31.2 Å². The summed E-state index contributed by atoms with van der Waals surface area (Å²) < 4.78 is 10.4. The van der Waals surface area contributed by atoms with Gasteiger partial charge in [-0.05, 0) is 31.0 Å². The average molecular weight is 327 g/mol. The lowest BCUT2D eigenvalue weighted by molar-refractivity contribution is -0.155. The zero-order valence-corrected chi connectivity index (χ0v) is 13.9. The van der Waals surface area contributed by atoms with E-state index in [2.05, 4.69) is 6.92 Å². The normalized spacial score (nSPS) is 11.8. The molecule has 0 aliphatic carbocycles. The molecule has 0 fully saturated rings. The third kappa shape index (κ3) is 6.94. The maximum absolute atomic E-state index is 11.9. The molecule has 1 atom stereocenters. The van der Waals surface area contributed by atoms with E-state index in [9.17, 15) is 9.59 Å². The molecular formula is C17H23ClO4. The van der Waals surface area contributed by atoms with Crippen LogP contribution in [0.15, 0.2) is 24.3 Å². The Kier molecular flexibility index (Phi) is 8.60. The van der Waals surface area contributed by atoms with E-state index in [0.29, 0.717) is 23.6 Å². The van der Waals surface area contributed by atoms with E-state index in [-0.39, 0.29) is 12.4 Å². The van der Waals surface area contributed by atoms with Crippen molar-refractivity contribution in [1.29, 1.82) is 0 Å². The molecule has 1 aromatic rings. The summed E-state index contributed by atoms with van der Waals surface area (Å²) in [5.74, 6) is -0.698. The Bertz CT molecular complexity index is 487. The number of esters is 2. The van der Waals surface area contributed by atoms with Crippen LogP contribution in [0.3, 0.4) is 0 Å². The molecule has 1 rings (SSSR count). The van der Waals surface area contributed by atoms with Crippen molar-refractivity contribution in [2.75, 3.05) is 6.61 Å². The highest BCUT2D eigenvalue weighted by Gasteiger charge is 2.21. The molecule has 0 heterocycles. The predicted octanol–water partition coefficient (Wildman–Crippen LogP) is 4.46. The van der Waals surface area contributed by atoms with Gasteiger partial charge in [0.15, 0.2) is 0 Å². The van der Waals surface area contributed by atoms with Crippen LogP contribution in [0, 0.1) is 0 Å². The number of carbonyl (C=O) groups is 2. The molecular weight excluding hydrogens is 304 g/mol. The molecule has 0 saturated heterocycles. The summed E-state index contributed by atoms with van der Waals surface area (Å²) in [4.78, 5) is 23.6. The van der Waals surface area contributed by atoms with Crippen LogP contribution in [0.5, 0.6) is 0 Å². The van der Waals surface area contributed by atoms with Crippen LogP contribution in [0.1, 0.15) is 57.6 Å². The molecule has 0 aliphatic heterocycles. The number of ether oxygens (including phenoxy) is 2. The highest BCUT2D eigenvalue weighted by atomic mass is 35.5. The Hall–Kier alpha value is -1.55. The van der Waals surface area contributed by atoms with Crippen molar-refractivity contribution in [3.05, 3.63) is 34.9 Å². The van der Waals surface area contributed by atoms with E-state index in [1.165, 1.54) is 0 Å². The van der Waals surface area contributed by atoms with Gasteiger partial charge in [-0.15, -0.1) is 0 Å². The quantitative estimate of drug-likeness (QED) is 0.496. The summed E-state index contributed by atoms with van der Waals surface area (Å²) in [6, 6.07) is 6.98. The Balaban J connectivity index is 2.73. The molecule has 22 heavy (non-hydrogen) atoms. The molecule has 0 saturated carbocycles. The second kappa shape index (κ2) is 10.2. The summed E-state index contributed by atoms with van der Waals surface area (Å²) in [5, 5.41) is 0.536. The van der Waals surface area contributed by atoms with Crippen LogP contribution in [-0.4, -0.2) is 18.5 Å². The number of unbranched alkanes of at least 4 members (excludes halogenated alkanes) is 2. The molecule has 0 aromatic heterocycles. The lowest BCUT2D eigenvalue weighted by atomic mass is 10.1. The van der Waals surface area contributed by atoms with E-state index < -0.39 is 12.1 Å². The van der Waals surface area contributed by atoms with Crippen LogP contribution in [0.25, 0.3) is 0 Å². The Labute approximate surface area is 136 Å². The maximum Gasteiger partial charge on any atom is 0.309 e. The third-order valence-electron chi connectivity index (χ3n) is 3.14. The van der Waals surface area contributed by atoms with Crippen LogP contribution >= 0.6 is 11.6 Å². The second-order valence-corrected chi connectivity index (χ2v) is 5.44. The summed E-state index contributed by atoms with van der Waals surface area (Å²) in [6.07, 6.45) is 2.49. The van der Waals surface area contributed by atoms with Gasteiger partial charge in [0, 0.05) is 11.4 Å². The van der Waals surface area contributed by atoms with Gasteiger partial charge in [0.1, 0.15) is 6.10 Å². The highest BCUT2D eigenvalue weighted by Crippen LogP contribution is 2.25. The maximum atomic E-state index is 11.9. The Morgan fingerprint density at radius 2 is 1.95 bits per heavy atom. The van der Waals surface area contributed by atoms with Crippen molar-refractivity contribution in [2.24, 2.45) is 0 Å². The Morgan fingerprint density at radius 1 is 1.18 bits per heavy atom.